The van der Waals surface area contributed by atoms with Crippen molar-refractivity contribution < 1.29 is 28.6 Å². The van der Waals surface area contributed by atoms with Gasteiger partial charge in [-0.3, -0.25) is 14.4 Å². The second-order valence-electron chi connectivity index (χ2n) is 7.26. The smallest absolute Gasteiger partial charge is 0.321 e. The van der Waals surface area contributed by atoms with Crippen LogP contribution in [0, 0.1) is 12.8 Å². The minimum Gasteiger partial charge on any atom is -0.497 e. The predicted molar refractivity (Wildman–Crippen MR) is 120 cm³/mol. The Morgan fingerprint density at radius 2 is 1.56 bits per heavy atom. The molecule has 7 heteroatoms. The third-order valence-electron chi connectivity index (χ3n) is 5.37. The van der Waals surface area contributed by atoms with E-state index >= 15 is 0 Å². The van der Waals surface area contributed by atoms with E-state index in [1.165, 1.54) is 0 Å². The largest absolute Gasteiger partial charge is 0.497 e. The maximum atomic E-state index is 13.7. The summed E-state index contributed by atoms with van der Waals surface area (Å²) in [4.78, 5) is 42.8. The van der Waals surface area contributed by atoms with Crippen molar-refractivity contribution in [1.82, 2.24) is 4.98 Å². The molecule has 7 nitrogen and oxygen atoms in total. The van der Waals surface area contributed by atoms with E-state index in [0.717, 1.165) is 16.5 Å². The number of ketones is 1. The average Bonchev–Trinajstić information content (AvgIpc) is 3.13. The van der Waals surface area contributed by atoms with Crippen molar-refractivity contribution in [2.24, 2.45) is 5.92 Å². The van der Waals surface area contributed by atoms with E-state index in [9.17, 15) is 14.4 Å². The number of nitrogens with one attached hydrogen (secondary N) is 1. The molecule has 0 aliphatic rings. The number of aromatic nitrogens is 1. The van der Waals surface area contributed by atoms with E-state index < -0.39 is 23.8 Å². The van der Waals surface area contributed by atoms with Gasteiger partial charge in [-0.15, -0.1) is 0 Å². The van der Waals surface area contributed by atoms with E-state index in [-0.39, 0.29) is 19.0 Å². The van der Waals surface area contributed by atoms with E-state index in [4.69, 9.17) is 14.2 Å². The SMILES string of the molecule is CCOC(=O)C(C(=O)OCC)[C@H](C(=O)c1ccccc1)c1[nH]c2ccc(OC)cc2c1C. The van der Waals surface area contributed by atoms with E-state index in [2.05, 4.69) is 4.98 Å². The molecule has 0 radical (unpaired) electrons. The molecule has 2 aromatic carbocycles. The minimum atomic E-state index is -1.45. The lowest BCUT2D eigenvalue weighted by Crippen LogP contribution is -2.37. The molecule has 1 heterocycles. The van der Waals surface area contributed by atoms with Gasteiger partial charge in [0.25, 0.3) is 0 Å². The zero-order chi connectivity index (χ0) is 23.3. The molecule has 0 aliphatic carbocycles. The quantitative estimate of drug-likeness (QED) is 0.306. The number of rotatable bonds is 9. The molecule has 1 N–H and O–H groups in total. The van der Waals surface area contributed by atoms with Gasteiger partial charge >= 0.3 is 11.9 Å². The average molecular weight is 437 g/mol. The Hall–Kier alpha value is -3.61. The van der Waals surface area contributed by atoms with E-state index in [1.807, 2.05) is 19.1 Å². The number of H-pyrrole nitrogens is 1. The fourth-order valence-electron chi connectivity index (χ4n) is 3.83. The van der Waals surface area contributed by atoms with Crippen LogP contribution in [-0.2, 0) is 19.1 Å². The second-order valence-corrected chi connectivity index (χ2v) is 7.26. The summed E-state index contributed by atoms with van der Waals surface area (Å²) in [6.07, 6.45) is 0. The molecule has 3 aromatic rings. The Kier molecular flexibility index (Phi) is 7.30. The van der Waals surface area contributed by atoms with E-state index in [0.29, 0.717) is 17.0 Å². The normalized spacial score (nSPS) is 11.9. The molecule has 0 spiro atoms. The van der Waals surface area contributed by atoms with Crippen LogP contribution in [0.4, 0.5) is 0 Å². The minimum absolute atomic E-state index is 0.0733. The van der Waals surface area contributed by atoms with Gasteiger partial charge in [-0.2, -0.15) is 0 Å². The lowest BCUT2D eigenvalue weighted by molar-refractivity contribution is -0.162. The standard InChI is InChI=1S/C25H27NO6/c1-5-31-24(28)21(25(29)32-6-2)20(23(27)16-10-8-7-9-11-16)22-15(3)18-14-17(30-4)12-13-19(18)26-22/h7-14,20-21,26H,5-6H2,1-4H3/t20-/m0/s1. The highest BCUT2D eigenvalue weighted by Crippen LogP contribution is 2.36. The predicted octanol–water partition coefficient (Wildman–Crippen LogP) is 4.19. The van der Waals surface area contributed by atoms with Gasteiger partial charge in [0, 0.05) is 22.2 Å². The summed E-state index contributed by atoms with van der Waals surface area (Å²) in [5.41, 5.74) is 2.35. The summed E-state index contributed by atoms with van der Waals surface area (Å²) in [5, 5.41) is 0.830. The lowest BCUT2D eigenvalue weighted by atomic mass is 9.81. The van der Waals surface area contributed by atoms with Crippen LogP contribution in [0.5, 0.6) is 5.75 Å². The number of hydrogen-bond donors (Lipinski definition) is 1. The number of hydrogen-bond acceptors (Lipinski definition) is 6. The summed E-state index contributed by atoms with van der Waals surface area (Å²) in [7, 11) is 1.57. The molecule has 168 valence electrons. The maximum absolute atomic E-state index is 13.7. The van der Waals surface area contributed by atoms with Crippen molar-refractivity contribution >= 4 is 28.6 Å². The molecule has 0 unspecified atom stereocenters. The number of ether oxygens (including phenoxy) is 3. The molecule has 1 atom stereocenters. The maximum Gasteiger partial charge on any atom is 0.321 e. The third-order valence-corrected chi connectivity index (χ3v) is 5.37. The molecule has 0 saturated carbocycles. The van der Waals surface area contributed by atoms with E-state index in [1.54, 1.807) is 57.4 Å². The molecule has 0 fully saturated rings. The number of carbonyl (C=O) groups is 3. The Morgan fingerprint density at radius 3 is 2.12 bits per heavy atom. The highest BCUT2D eigenvalue weighted by molar-refractivity contribution is 6.09. The van der Waals surface area contributed by atoms with Crippen LogP contribution in [0.25, 0.3) is 10.9 Å². The Balaban J connectivity index is 2.23. The second kappa shape index (κ2) is 10.1. The summed E-state index contributed by atoms with van der Waals surface area (Å²) in [6, 6.07) is 14.0. The fraction of sp³-hybridized carbons (Fsp3) is 0.320. The molecule has 3 rings (SSSR count). The zero-order valence-corrected chi connectivity index (χ0v) is 18.6. The van der Waals surface area contributed by atoms with Gasteiger partial charge in [0.05, 0.1) is 26.2 Å². The number of methoxy groups -OCH3 is 1. The van der Waals surface area contributed by atoms with Gasteiger partial charge < -0.3 is 19.2 Å². The summed E-state index contributed by atoms with van der Waals surface area (Å²) < 4.78 is 15.7. The third kappa shape index (κ3) is 4.51. The van der Waals surface area contributed by atoms with Crippen molar-refractivity contribution in [1.29, 1.82) is 0 Å². The van der Waals surface area contributed by atoms with Crippen LogP contribution in [0.1, 0.15) is 41.4 Å². The van der Waals surface area contributed by atoms with Crippen molar-refractivity contribution in [3.63, 3.8) is 0 Å². The number of aryl methyl sites for hydroxylation is 1. The molecular weight excluding hydrogens is 410 g/mol. The van der Waals surface area contributed by atoms with Crippen LogP contribution in [0.3, 0.4) is 0 Å². The van der Waals surface area contributed by atoms with Gasteiger partial charge in [0.1, 0.15) is 5.75 Å². The van der Waals surface area contributed by atoms with Crippen LogP contribution >= 0.6 is 0 Å². The molecule has 0 amide bonds. The highest BCUT2D eigenvalue weighted by atomic mass is 16.6. The van der Waals surface area contributed by atoms with Crippen LogP contribution in [-0.4, -0.2) is 43.0 Å². The number of aromatic amines is 1. The van der Waals surface area contributed by atoms with Crippen molar-refractivity contribution in [3.8, 4) is 5.75 Å². The van der Waals surface area contributed by atoms with Crippen LogP contribution < -0.4 is 4.74 Å². The molecule has 32 heavy (non-hydrogen) atoms. The number of carbonyl (C=O) groups excluding carboxylic acids is 3. The molecule has 1 aromatic heterocycles. The fourth-order valence-corrected chi connectivity index (χ4v) is 3.83. The molecule has 0 aliphatic heterocycles. The Morgan fingerprint density at radius 1 is 0.938 bits per heavy atom. The monoisotopic (exact) mass is 437 g/mol. The number of esters is 2. The molecular formula is C25H27NO6. The number of benzene rings is 2. The van der Waals surface area contributed by atoms with Gasteiger partial charge in [-0.05, 0) is 44.5 Å². The van der Waals surface area contributed by atoms with Crippen LogP contribution in [0.2, 0.25) is 0 Å². The van der Waals surface area contributed by atoms with Crippen molar-refractivity contribution in [2.45, 2.75) is 26.7 Å². The summed E-state index contributed by atoms with van der Waals surface area (Å²) in [5.74, 6) is -3.90. The van der Waals surface area contributed by atoms with Crippen molar-refractivity contribution in [3.05, 3.63) is 65.4 Å². The highest BCUT2D eigenvalue weighted by Gasteiger charge is 2.44. The Labute approximate surface area is 186 Å². The first-order chi connectivity index (χ1) is 15.4. The summed E-state index contributed by atoms with van der Waals surface area (Å²) in [6.45, 7) is 5.28. The zero-order valence-electron chi connectivity index (χ0n) is 18.6. The van der Waals surface area contributed by atoms with Gasteiger partial charge in [0.2, 0.25) is 0 Å². The first-order valence-electron chi connectivity index (χ1n) is 10.5. The Bertz CT molecular complexity index is 1100. The van der Waals surface area contributed by atoms with Crippen molar-refractivity contribution in [2.75, 3.05) is 20.3 Å². The first-order valence-corrected chi connectivity index (χ1v) is 10.5. The van der Waals surface area contributed by atoms with Gasteiger partial charge in [0.15, 0.2) is 11.7 Å². The van der Waals surface area contributed by atoms with Crippen LogP contribution in [0.15, 0.2) is 48.5 Å². The molecule has 0 saturated heterocycles. The van der Waals surface area contributed by atoms with Gasteiger partial charge in [-0.25, -0.2) is 0 Å². The summed E-state index contributed by atoms with van der Waals surface area (Å²) >= 11 is 0. The lowest BCUT2D eigenvalue weighted by Gasteiger charge is -2.23. The molecule has 0 bridgehead atoms. The van der Waals surface area contributed by atoms with Gasteiger partial charge in [-0.1, -0.05) is 30.3 Å². The topological polar surface area (TPSA) is 94.7 Å². The first kappa shape index (κ1) is 23.1. The number of Topliss-reactive ketones (excluding diaryl/α,β-unsaturated/α-hetero) is 1. The number of fused-ring (bicyclic) bond motifs is 1.